The van der Waals surface area contributed by atoms with Crippen molar-refractivity contribution in [1.29, 1.82) is 0 Å². The summed E-state index contributed by atoms with van der Waals surface area (Å²) >= 11 is 0. The zero-order chi connectivity index (χ0) is 22.0. The van der Waals surface area contributed by atoms with Gasteiger partial charge in [-0.05, 0) is 54.1 Å². The van der Waals surface area contributed by atoms with Crippen molar-refractivity contribution < 1.29 is 27.5 Å². The molecule has 0 saturated carbocycles. The molecule has 10 heteroatoms. The molecule has 1 fully saturated rings. The number of rotatable bonds is 5. The molecule has 31 heavy (non-hydrogen) atoms. The van der Waals surface area contributed by atoms with Crippen molar-refractivity contribution in [3.8, 4) is 17.1 Å². The van der Waals surface area contributed by atoms with Crippen LogP contribution in [0.2, 0.25) is 0 Å². The summed E-state index contributed by atoms with van der Waals surface area (Å²) in [6.45, 7) is 0.0135. The molecule has 3 amide bonds. The van der Waals surface area contributed by atoms with E-state index in [0.717, 1.165) is 22.6 Å². The first-order chi connectivity index (χ1) is 14.8. The van der Waals surface area contributed by atoms with Crippen LogP contribution in [0.1, 0.15) is 5.56 Å². The summed E-state index contributed by atoms with van der Waals surface area (Å²) in [5.74, 6) is -0.917. The molecule has 0 aliphatic carbocycles. The molecular weight excluding hydrogens is 413 g/mol. The molecule has 1 aliphatic rings. The molecule has 1 aromatic carbocycles. The van der Waals surface area contributed by atoms with E-state index in [0.29, 0.717) is 11.4 Å². The van der Waals surface area contributed by atoms with Crippen molar-refractivity contribution >= 4 is 17.6 Å². The third kappa shape index (κ3) is 4.63. The Kier molecular flexibility index (Phi) is 5.28. The fraction of sp³-hybridized carbons (Fsp3) is 0.143. The normalized spacial score (nSPS) is 14.3. The minimum Gasteiger partial charge on any atom is -0.406 e. The molecule has 0 spiro atoms. The minimum absolute atomic E-state index is 0.152. The topological polar surface area (TPSA) is 75.6 Å². The Morgan fingerprint density at radius 3 is 2.35 bits per heavy atom. The lowest BCUT2D eigenvalue weighted by Crippen LogP contribution is -2.32. The van der Waals surface area contributed by atoms with Gasteiger partial charge in [-0.15, -0.1) is 13.2 Å². The number of carbonyl (C=O) groups is 2. The lowest BCUT2D eigenvalue weighted by atomic mass is 10.1. The fourth-order valence-corrected chi connectivity index (χ4v) is 3.17. The molecule has 3 aromatic rings. The van der Waals surface area contributed by atoms with Gasteiger partial charge in [-0.3, -0.25) is 14.8 Å². The van der Waals surface area contributed by atoms with Crippen LogP contribution in [-0.2, 0) is 11.3 Å². The second-order valence-corrected chi connectivity index (χ2v) is 6.67. The Balaban J connectivity index is 1.49. The van der Waals surface area contributed by atoms with Gasteiger partial charge in [0.05, 0.1) is 17.1 Å². The maximum atomic E-state index is 12.8. The van der Waals surface area contributed by atoms with Gasteiger partial charge in [-0.2, -0.15) is 0 Å². The van der Waals surface area contributed by atoms with E-state index in [9.17, 15) is 22.8 Å². The number of nitrogens with zero attached hydrogens (tertiary/aromatic N) is 4. The van der Waals surface area contributed by atoms with Crippen molar-refractivity contribution in [2.45, 2.75) is 12.9 Å². The largest absolute Gasteiger partial charge is 0.573 e. The Labute approximate surface area is 174 Å². The molecule has 1 aliphatic heterocycles. The molecule has 3 heterocycles. The predicted octanol–water partition coefficient (Wildman–Crippen LogP) is 4.01. The van der Waals surface area contributed by atoms with E-state index in [1.54, 1.807) is 30.6 Å². The number of alkyl halides is 3. The highest BCUT2D eigenvalue weighted by atomic mass is 19.4. The minimum atomic E-state index is -4.82. The third-order valence-electron chi connectivity index (χ3n) is 4.49. The third-order valence-corrected chi connectivity index (χ3v) is 4.49. The maximum absolute atomic E-state index is 12.8. The summed E-state index contributed by atoms with van der Waals surface area (Å²) in [5, 5.41) is 0. The number of hydrogen-bond donors (Lipinski definition) is 0. The first kappa shape index (κ1) is 20.3. The van der Waals surface area contributed by atoms with Gasteiger partial charge in [0.15, 0.2) is 0 Å². The van der Waals surface area contributed by atoms with Crippen molar-refractivity contribution in [2.75, 3.05) is 11.4 Å². The van der Waals surface area contributed by atoms with Crippen molar-refractivity contribution in [1.82, 2.24) is 14.9 Å². The number of imide groups is 1. The molecule has 7 nitrogen and oxygen atoms in total. The zero-order valence-corrected chi connectivity index (χ0v) is 15.9. The van der Waals surface area contributed by atoms with Crippen LogP contribution in [0, 0.1) is 0 Å². The monoisotopic (exact) mass is 428 g/mol. The summed E-state index contributed by atoms with van der Waals surface area (Å²) in [6, 6.07) is 12.9. The van der Waals surface area contributed by atoms with Crippen LogP contribution in [0.3, 0.4) is 0 Å². The average Bonchev–Trinajstić information content (AvgIpc) is 3.01. The summed E-state index contributed by atoms with van der Waals surface area (Å²) in [7, 11) is 0. The summed E-state index contributed by atoms with van der Waals surface area (Å²) in [5.41, 5.74) is 2.23. The first-order valence-corrected chi connectivity index (χ1v) is 9.14. The molecule has 0 atom stereocenters. The van der Waals surface area contributed by atoms with Gasteiger partial charge in [0.25, 0.3) is 5.91 Å². The van der Waals surface area contributed by atoms with Crippen LogP contribution in [-0.4, -0.2) is 39.7 Å². The molecule has 158 valence electrons. The van der Waals surface area contributed by atoms with Crippen LogP contribution in [0.25, 0.3) is 11.4 Å². The summed E-state index contributed by atoms with van der Waals surface area (Å²) in [4.78, 5) is 36.0. The Bertz CT molecular complexity index is 1100. The first-order valence-electron chi connectivity index (χ1n) is 9.14. The smallest absolute Gasteiger partial charge is 0.406 e. The molecule has 0 N–H and O–H groups in total. The Morgan fingerprint density at radius 2 is 1.68 bits per heavy atom. The molecule has 0 radical (unpaired) electrons. The van der Waals surface area contributed by atoms with Gasteiger partial charge in [0.2, 0.25) is 0 Å². The van der Waals surface area contributed by atoms with E-state index >= 15 is 0 Å². The molecular formula is C21H15F3N4O3. The highest BCUT2D eigenvalue weighted by molar-refractivity contribution is 6.19. The Hall–Kier alpha value is -3.95. The van der Waals surface area contributed by atoms with Crippen LogP contribution < -0.4 is 9.64 Å². The lowest BCUT2D eigenvalue weighted by molar-refractivity contribution is -0.274. The van der Waals surface area contributed by atoms with Gasteiger partial charge < -0.3 is 9.64 Å². The Morgan fingerprint density at radius 1 is 0.935 bits per heavy atom. The van der Waals surface area contributed by atoms with Gasteiger partial charge in [0, 0.05) is 18.9 Å². The molecule has 4 rings (SSSR count). The van der Waals surface area contributed by atoms with E-state index in [4.69, 9.17) is 0 Å². The number of pyridine rings is 2. The fourth-order valence-electron chi connectivity index (χ4n) is 3.17. The SMILES string of the molecule is O=C1CN(Cc2ccnc(-c3ccccn3)c2)C(=O)N1c1ccc(OC(F)(F)F)cc1. The summed E-state index contributed by atoms with van der Waals surface area (Å²) < 4.78 is 40.7. The van der Waals surface area contributed by atoms with E-state index in [1.165, 1.54) is 17.0 Å². The quantitative estimate of drug-likeness (QED) is 0.574. The van der Waals surface area contributed by atoms with Crippen molar-refractivity contribution in [3.63, 3.8) is 0 Å². The molecule has 0 bridgehead atoms. The number of urea groups is 1. The second-order valence-electron chi connectivity index (χ2n) is 6.67. The molecule has 1 saturated heterocycles. The highest BCUT2D eigenvalue weighted by Gasteiger charge is 2.37. The van der Waals surface area contributed by atoms with E-state index in [-0.39, 0.29) is 18.8 Å². The van der Waals surface area contributed by atoms with E-state index in [1.807, 2.05) is 12.1 Å². The van der Waals surface area contributed by atoms with Gasteiger partial charge in [-0.1, -0.05) is 6.07 Å². The van der Waals surface area contributed by atoms with Gasteiger partial charge in [-0.25, -0.2) is 9.69 Å². The number of amides is 3. The number of benzene rings is 1. The number of hydrogen-bond acceptors (Lipinski definition) is 5. The number of halogens is 3. The molecule has 2 aromatic heterocycles. The van der Waals surface area contributed by atoms with Gasteiger partial charge in [0.1, 0.15) is 12.3 Å². The van der Waals surface area contributed by atoms with E-state index < -0.39 is 24.1 Å². The second kappa shape index (κ2) is 8.05. The van der Waals surface area contributed by atoms with E-state index in [2.05, 4.69) is 14.7 Å². The standard InChI is InChI=1S/C21H15F3N4O3/c22-21(23,24)31-16-6-4-15(5-7-16)28-19(29)13-27(20(28)30)12-14-8-10-26-18(11-14)17-3-1-2-9-25-17/h1-11H,12-13H2. The predicted molar refractivity (Wildman–Crippen MR) is 104 cm³/mol. The average molecular weight is 428 g/mol. The van der Waals surface area contributed by atoms with Crippen molar-refractivity contribution in [3.05, 3.63) is 72.6 Å². The highest BCUT2D eigenvalue weighted by Crippen LogP contribution is 2.28. The number of aromatic nitrogens is 2. The summed E-state index contributed by atoms with van der Waals surface area (Å²) in [6.07, 6.45) is -1.58. The maximum Gasteiger partial charge on any atom is 0.573 e. The molecule has 0 unspecified atom stereocenters. The number of anilines is 1. The van der Waals surface area contributed by atoms with Crippen LogP contribution in [0.15, 0.2) is 67.0 Å². The zero-order valence-electron chi connectivity index (χ0n) is 15.9. The van der Waals surface area contributed by atoms with Crippen molar-refractivity contribution in [2.24, 2.45) is 0 Å². The van der Waals surface area contributed by atoms with Crippen LogP contribution in [0.4, 0.5) is 23.7 Å². The lowest BCUT2D eigenvalue weighted by Gasteiger charge is -2.18. The van der Waals surface area contributed by atoms with Crippen LogP contribution >= 0.6 is 0 Å². The number of ether oxygens (including phenoxy) is 1. The van der Waals surface area contributed by atoms with Crippen LogP contribution in [0.5, 0.6) is 5.75 Å². The van der Waals surface area contributed by atoms with Gasteiger partial charge >= 0.3 is 12.4 Å². The number of carbonyl (C=O) groups excluding carboxylic acids is 2.